The summed E-state index contributed by atoms with van der Waals surface area (Å²) in [4.78, 5) is 28.0. The summed E-state index contributed by atoms with van der Waals surface area (Å²) in [5, 5.41) is 2.61. The highest BCUT2D eigenvalue weighted by atomic mass is 35.5. The van der Waals surface area contributed by atoms with Crippen LogP contribution in [0.25, 0.3) is 0 Å². The Morgan fingerprint density at radius 3 is 2.82 bits per heavy atom. The van der Waals surface area contributed by atoms with E-state index in [-0.39, 0.29) is 39.7 Å². The number of hydrogen-bond acceptors (Lipinski definition) is 3. The third-order valence-corrected chi connectivity index (χ3v) is 8.59. The van der Waals surface area contributed by atoms with Gasteiger partial charge >= 0.3 is 0 Å². The minimum Gasteiger partial charge on any atom is -0.347 e. The molecule has 1 spiro atoms. The van der Waals surface area contributed by atoms with Crippen molar-refractivity contribution >= 4 is 35.2 Å². The third kappa shape index (κ3) is 5.38. The van der Waals surface area contributed by atoms with E-state index in [0.717, 1.165) is 35.3 Å². The minimum atomic E-state index is -0.256. The largest absolute Gasteiger partial charge is 0.347 e. The van der Waals surface area contributed by atoms with Crippen molar-refractivity contribution in [3.8, 4) is 0 Å². The number of hydrogen-bond donors (Lipinski definition) is 1. The molecule has 2 unspecified atom stereocenters. The summed E-state index contributed by atoms with van der Waals surface area (Å²) in [5.74, 6) is 0.115. The van der Waals surface area contributed by atoms with Crippen LogP contribution in [-0.4, -0.2) is 46.0 Å². The predicted octanol–water partition coefficient (Wildman–Crippen LogP) is 5.97. The summed E-state index contributed by atoms with van der Waals surface area (Å²) in [7, 11) is 0. The van der Waals surface area contributed by atoms with Crippen LogP contribution in [0.2, 0.25) is 0 Å². The van der Waals surface area contributed by atoms with E-state index in [1.54, 1.807) is 17.8 Å². The number of carbonyl (C=O) groups excluding carboxylic acids is 2. The molecule has 2 amide bonds. The normalized spacial score (nSPS) is 27.3. The van der Waals surface area contributed by atoms with E-state index in [2.05, 4.69) is 5.32 Å². The Labute approximate surface area is 211 Å². The first-order chi connectivity index (χ1) is 16.2. The topological polar surface area (TPSA) is 49.4 Å². The van der Waals surface area contributed by atoms with Gasteiger partial charge in [-0.25, -0.2) is 4.39 Å². The van der Waals surface area contributed by atoms with Crippen molar-refractivity contribution in [1.29, 1.82) is 0 Å². The van der Waals surface area contributed by atoms with Gasteiger partial charge in [-0.2, -0.15) is 0 Å². The average molecular weight is 505 g/mol. The second-order valence-corrected chi connectivity index (χ2v) is 11.9. The van der Waals surface area contributed by atoms with Crippen LogP contribution in [0.1, 0.15) is 59.3 Å². The van der Waals surface area contributed by atoms with Crippen LogP contribution in [0.3, 0.4) is 0 Å². The van der Waals surface area contributed by atoms with Crippen molar-refractivity contribution in [3.05, 3.63) is 57.8 Å². The fourth-order valence-electron chi connectivity index (χ4n) is 5.17. The Kier molecular flexibility index (Phi) is 7.78. The molecule has 2 atom stereocenters. The highest BCUT2D eigenvalue weighted by Gasteiger charge is 2.49. The number of thioether (sulfide) groups is 1. The van der Waals surface area contributed by atoms with Gasteiger partial charge in [0.2, 0.25) is 11.8 Å². The van der Waals surface area contributed by atoms with E-state index in [1.165, 1.54) is 0 Å². The van der Waals surface area contributed by atoms with Crippen LogP contribution in [0.5, 0.6) is 0 Å². The summed E-state index contributed by atoms with van der Waals surface area (Å²) >= 11 is 8.37. The lowest BCUT2D eigenvalue weighted by Gasteiger charge is -2.53. The van der Waals surface area contributed by atoms with Gasteiger partial charge in [0.15, 0.2) is 0 Å². The van der Waals surface area contributed by atoms with Crippen LogP contribution >= 0.6 is 23.4 Å². The molecular formula is C27H34ClFN2O2S. The van der Waals surface area contributed by atoms with Gasteiger partial charge < -0.3 is 10.2 Å². The van der Waals surface area contributed by atoms with Crippen LogP contribution < -0.4 is 5.32 Å². The molecule has 3 aliphatic heterocycles. The summed E-state index contributed by atoms with van der Waals surface area (Å²) in [5.41, 5.74) is 2.28. The molecule has 2 saturated heterocycles. The first kappa shape index (κ1) is 25.3. The van der Waals surface area contributed by atoms with E-state index in [9.17, 15) is 14.0 Å². The zero-order valence-electron chi connectivity index (χ0n) is 20.2. The van der Waals surface area contributed by atoms with Gasteiger partial charge in [0.1, 0.15) is 5.83 Å². The molecule has 0 aromatic carbocycles. The van der Waals surface area contributed by atoms with Crippen LogP contribution in [-0.2, 0) is 9.59 Å². The summed E-state index contributed by atoms with van der Waals surface area (Å²) < 4.78 is 14.9. The second kappa shape index (κ2) is 10.4. The third-order valence-electron chi connectivity index (χ3n) is 6.81. The average Bonchev–Trinajstić information content (AvgIpc) is 2.97. The lowest BCUT2D eigenvalue weighted by atomic mass is 9.81. The number of alkyl halides is 1. The van der Waals surface area contributed by atoms with E-state index >= 15 is 0 Å². The molecule has 0 aromatic rings. The van der Waals surface area contributed by atoms with Crippen molar-refractivity contribution in [2.45, 2.75) is 75.5 Å². The van der Waals surface area contributed by atoms with Crippen molar-refractivity contribution in [3.63, 3.8) is 0 Å². The first-order valence-corrected chi connectivity index (χ1v) is 13.6. The van der Waals surface area contributed by atoms with Gasteiger partial charge in [0.25, 0.3) is 0 Å². The Hall–Kier alpha value is -1.79. The highest BCUT2D eigenvalue weighted by molar-refractivity contribution is 8.04. The van der Waals surface area contributed by atoms with Gasteiger partial charge in [-0.3, -0.25) is 9.59 Å². The molecule has 4 aliphatic rings. The highest BCUT2D eigenvalue weighted by Crippen LogP contribution is 2.44. The molecule has 34 heavy (non-hydrogen) atoms. The molecule has 4 nitrogen and oxygen atoms in total. The SMILES string of the molecule is CC/C=C(C1=CCC2=C(C=C1)C(Cl)CC(C(=O)N1CC3(CCCC(=O)N3)C1)S2)\C(F)=C/C(C)C. The molecule has 0 radical (unpaired) electrons. The molecular weight excluding hydrogens is 471 g/mol. The number of likely N-dealkylation sites (tertiary alicyclic amines) is 1. The van der Waals surface area contributed by atoms with Crippen molar-refractivity contribution in [1.82, 2.24) is 10.2 Å². The molecule has 4 rings (SSSR count). The Balaban J connectivity index is 1.45. The Morgan fingerprint density at radius 2 is 2.15 bits per heavy atom. The molecule has 0 saturated carbocycles. The van der Waals surface area contributed by atoms with E-state index in [4.69, 9.17) is 11.6 Å². The number of piperidine rings is 1. The van der Waals surface area contributed by atoms with Crippen molar-refractivity contribution < 1.29 is 14.0 Å². The van der Waals surface area contributed by atoms with Gasteiger partial charge in [0, 0.05) is 25.1 Å². The van der Waals surface area contributed by atoms with Crippen molar-refractivity contribution in [2.24, 2.45) is 5.92 Å². The number of nitrogens with zero attached hydrogens (tertiary/aromatic N) is 1. The van der Waals surface area contributed by atoms with Crippen molar-refractivity contribution in [2.75, 3.05) is 13.1 Å². The predicted molar refractivity (Wildman–Crippen MR) is 138 cm³/mol. The monoisotopic (exact) mass is 504 g/mol. The standard InChI is InChI=1S/C27H34ClFN2O2S/c1-4-6-19(22(29)13-17(2)3)18-8-10-20-21(28)14-24(34-23(20)11-9-18)26(33)31-15-27(16-31)12-5-7-25(32)30-27/h6,8-10,13,17,21,24H,4-5,7,11-12,14-16H2,1-3H3,(H,30,32)/b19-6-,22-13+. The number of allylic oxidation sites excluding steroid dienone is 10. The zero-order chi connectivity index (χ0) is 24.5. The number of rotatable bonds is 5. The molecule has 1 aliphatic carbocycles. The molecule has 0 bridgehead atoms. The fraction of sp³-hybridized carbons (Fsp3) is 0.556. The van der Waals surface area contributed by atoms with E-state index < -0.39 is 0 Å². The van der Waals surface area contributed by atoms with Gasteiger partial charge in [-0.1, -0.05) is 45.1 Å². The quantitative estimate of drug-likeness (QED) is 0.371. The number of halogens is 2. The number of nitrogens with one attached hydrogen (secondary N) is 1. The summed E-state index contributed by atoms with van der Waals surface area (Å²) in [6, 6.07) is 0. The van der Waals surface area contributed by atoms with Gasteiger partial charge in [-0.05, 0) is 60.1 Å². The minimum absolute atomic E-state index is 0.0880. The second-order valence-electron chi connectivity index (χ2n) is 10.0. The van der Waals surface area contributed by atoms with E-state index in [1.807, 2.05) is 50.0 Å². The molecule has 3 heterocycles. The number of amides is 2. The van der Waals surface area contributed by atoms with Gasteiger partial charge in [0.05, 0.1) is 16.2 Å². The molecule has 0 aromatic heterocycles. The van der Waals surface area contributed by atoms with E-state index in [0.29, 0.717) is 37.9 Å². The first-order valence-electron chi connectivity index (χ1n) is 12.3. The zero-order valence-corrected chi connectivity index (χ0v) is 21.8. The fourth-order valence-corrected chi connectivity index (χ4v) is 7.13. The summed E-state index contributed by atoms with van der Waals surface area (Å²) in [6.07, 6.45) is 13.9. The van der Waals surface area contributed by atoms with Gasteiger partial charge in [-0.15, -0.1) is 23.4 Å². The van der Waals surface area contributed by atoms with Crippen LogP contribution in [0, 0.1) is 5.92 Å². The molecule has 2 fully saturated rings. The van der Waals surface area contributed by atoms with Crippen LogP contribution in [0.4, 0.5) is 4.39 Å². The Bertz CT molecular complexity index is 1000. The maximum Gasteiger partial charge on any atom is 0.236 e. The molecule has 7 heteroatoms. The lowest BCUT2D eigenvalue weighted by molar-refractivity contribution is -0.144. The molecule has 184 valence electrons. The number of carbonyl (C=O) groups is 2. The maximum atomic E-state index is 14.9. The molecule has 1 N–H and O–H groups in total. The lowest BCUT2D eigenvalue weighted by Crippen LogP contribution is -2.73. The smallest absolute Gasteiger partial charge is 0.236 e. The Morgan fingerprint density at radius 1 is 1.38 bits per heavy atom. The van der Waals surface area contributed by atoms with Crippen LogP contribution in [0.15, 0.2) is 57.8 Å². The maximum absolute atomic E-state index is 14.9. The summed E-state index contributed by atoms with van der Waals surface area (Å²) in [6.45, 7) is 7.12.